The molecule has 8 nitrogen and oxygen atoms in total. The van der Waals surface area contributed by atoms with E-state index in [4.69, 9.17) is 0 Å². The van der Waals surface area contributed by atoms with Gasteiger partial charge < -0.3 is 5.32 Å². The van der Waals surface area contributed by atoms with Gasteiger partial charge in [0.1, 0.15) is 22.9 Å². The van der Waals surface area contributed by atoms with Gasteiger partial charge in [-0.25, -0.2) is 9.97 Å². The molecule has 4 aromatic rings. The number of nitrogens with one attached hydrogen (secondary N) is 1. The van der Waals surface area contributed by atoms with Crippen molar-refractivity contribution in [2.24, 2.45) is 0 Å². The zero-order valence-electron chi connectivity index (χ0n) is 14.5. The van der Waals surface area contributed by atoms with Gasteiger partial charge in [0.05, 0.1) is 17.3 Å². The maximum atomic E-state index is 13.5. The van der Waals surface area contributed by atoms with Gasteiger partial charge in [0.25, 0.3) is 5.69 Å². The first-order valence-electron chi connectivity index (χ1n) is 8.21. The average Bonchev–Trinajstić information content (AvgIpc) is 3.09. The van der Waals surface area contributed by atoms with Crippen LogP contribution in [0.25, 0.3) is 17.0 Å². The molecular formula is C18H11F3N6O2. The van der Waals surface area contributed by atoms with Crippen molar-refractivity contribution in [1.29, 1.82) is 0 Å². The molecule has 1 N–H and O–H groups in total. The fourth-order valence-electron chi connectivity index (χ4n) is 2.79. The fraction of sp³-hybridized carbons (Fsp3) is 0.0556. The number of fused-ring (bicyclic) bond motifs is 1. The number of hydrogen-bond acceptors (Lipinski definition) is 6. The molecular weight excluding hydrogens is 389 g/mol. The summed E-state index contributed by atoms with van der Waals surface area (Å²) in [6, 6.07) is 10.2. The van der Waals surface area contributed by atoms with Gasteiger partial charge in [-0.3, -0.25) is 19.5 Å². The van der Waals surface area contributed by atoms with Gasteiger partial charge in [-0.1, -0.05) is 6.07 Å². The molecule has 3 heterocycles. The number of anilines is 2. The molecule has 1 aromatic carbocycles. The van der Waals surface area contributed by atoms with Crippen molar-refractivity contribution < 1.29 is 18.1 Å². The van der Waals surface area contributed by atoms with E-state index >= 15 is 0 Å². The first kappa shape index (κ1) is 18.3. The highest BCUT2D eigenvalue weighted by atomic mass is 19.4. The molecule has 0 atom stereocenters. The highest BCUT2D eigenvalue weighted by Gasteiger charge is 2.38. The Balaban J connectivity index is 1.75. The summed E-state index contributed by atoms with van der Waals surface area (Å²) >= 11 is 0. The number of pyridine rings is 1. The Labute approximate surface area is 160 Å². The van der Waals surface area contributed by atoms with Gasteiger partial charge in [0.15, 0.2) is 5.69 Å². The van der Waals surface area contributed by atoms with Crippen LogP contribution in [0.4, 0.5) is 30.4 Å². The second-order valence-corrected chi connectivity index (χ2v) is 5.95. The number of alkyl halides is 3. The van der Waals surface area contributed by atoms with Crippen LogP contribution in [0, 0.1) is 10.1 Å². The number of hydrogen-bond donors (Lipinski definition) is 1. The Bertz CT molecular complexity index is 1200. The lowest BCUT2D eigenvalue weighted by atomic mass is 10.2. The fourth-order valence-corrected chi connectivity index (χ4v) is 2.79. The Morgan fingerprint density at radius 3 is 2.48 bits per heavy atom. The molecule has 0 radical (unpaired) electrons. The first-order chi connectivity index (χ1) is 13.8. The number of nitro groups is 1. The number of halogens is 3. The van der Waals surface area contributed by atoms with Crippen molar-refractivity contribution in [1.82, 2.24) is 19.4 Å². The van der Waals surface area contributed by atoms with Crippen LogP contribution < -0.4 is 5.32 Å². The zero-order valence-corrected chi connectivity index (χ0v) is 14.5. The molecule has 0 bridgehead atoms. The largest absolute Gasteiger partial charge is 0.435 e. The molecule has 0 aliphatic carbocycles. The number of benzene rings is 1. The van der Waals surface area contributed by atoms with Crippen molar-refractivity contribution in [3.63, 3.8) is 0 Å². The lowest BCUT2D eigenvalue weighted by molar-refractivity contribution is -0.384. The molecule has 0 saturated heterocycles. The van der Waals surface area contributed by atoms with E-state index in [1.165, 1.54) is 53.3 Å². The minimum Gasteiger partial charge on any atom is -0.339 e. The summed E-state index contributed by atoms with van der Waals surface area (Å²) in [6.45, 7) is 0. The normalized spacial score (nSPS) is 11.6. The highest BCUT2D eigenvalue weighted by molar-refractivity contribution is 5.67. The summed E-state index contributed by atoms with van der Waals surface area (Å²) < 4.78 is 41.9. The maximum absolute atomic E-state index is 13.5. The van der Waals surface area contributed by atoms with E-state index in [0.29, 0.717) is 5.69 Å². The van der Waals surface area contributed by atoms with Gasteiger partial charge in [-0.05, 0) is 24.3 Å². The van der Waals surface area contributed by atoms with Gasteiger partial charge in [-0.2, -0.15) is 13.2 Å². The SMILES string of the molecule is O=[N+]([O-])c1ccc(Nc2cncc(-c3c(C(F)(F)F)nc4ccccn34)n2)cc1. The van der Waals surface area contributed by atoms with Crippen LogP contribution in [-0.2, 0) is 6.18 Å². The third-order valence-electron chi connectivity index (χ3n) is 4.03. The van der Waals surface area contributed by atoms with Crippen LogP contribution in [0.2, 0.25) is 0 Å². The topological polar surface area (TPSA) is 98.2 Å². The zero-order chi connectivity index (χ0) is 20.6. The Morgan fingerprint density at radius 1 is 1.03 bits per heavy atom. The Morgan fingerprint density at radius 2 is 1.79 bits per heavy atom. The molecule has 0 fully saturated rings. The smallest absolute Gasteiger partial charge is 0.339 e. The number of nitrogens with zero attached hydrogens (tertiary/aromatic N) is 5. The number of imidazole rings is 1. The van der Waals surface area contributed by atoms with Crippen molar-refractivity contribution in [2.45, 2.75) is 6.18 Å². The first-order valence-corrected chi connectivity index (χ1v) is 8.21. The molecule has 29 heavy (non-hydrogen) atoms. The summed E-state index contributed by atoms with van der Waals surface area (Å²) in [5.41, 5.74) is -0.807. The summed E-state index contributed by atoms with van der Waals surface area (Å²) in [6.07, 6.45) is -0.663. The minimum atomic E-state index is -4.68. The van der Waals surface area contributed by atoms with Gasteiger partial charge in [-0.15, -0.1) is 0 Å². The van der Waals surface area contributed by atoms with Gasteiger partial charge in [0, 0.05) is 24.0 Å². The summed E-state index contributed by atoms with van der Waals surface area (Å²) in [5, 5.41) is 13.6. The van der Waals surface area contributed by atoms with E-state index in [9.17, 15) is 23.3 Å². The Hall–Kier alpha value is -4.02. The average molecular weight is 400 g/mol. The van der Waals surface area contributed by atoms with E-state index < -0.39 is 16.8 Å². The standard InChI is InChI=1S/C18H11F3N6O2/c19-18(20,21)17-16(26-8-2-1-3-15(26)25-17)13-9-22-10-14(24-13)23-11-4-6-12(7-5-11)27(28)29/h1-10H,(H,23,24). The predicted molar refractivity (Wildman–Crippen MR) is 97.6 cm³/mol. The van der Waals surface area contributed by atoms with Crippen molar-refractivity contribution >= 4 is 22.8 Å². The van der Waals surface area contributed by atoms with Crippen LogP contribution in [0.1, 0.15) is 5.69 Å². The van der Waals surface area contributed by atoms with E-state index in [1.54, 1.807) is 12.1 Å². The van der Waals surface area contributed by atoms with Gasteiger partial charge in [0.2, 0.25) is 0 Å². The lowest BCUT2D eigenvalue weighted by Gasteiger charge is -2.09. The molecule has 0 unspecified atom stereocenters. The van der Waals surface area contributed by atoms with Crippen LogP contribution in [0.3, 0.4) is 0 Å². The number of aromatic nitrogens is 4. The molecule has 4 rings (SSSR count). The number of nitro benzene ring substituents is 1. The summed E-state index contributed by atoms with van der Waals surface area (Å²) in [7, 11) is 0. The summed E-state index contributed by atoms with van der Waals surface area (Å²) in [5.74, 6) is 0.176. The number of rotatable bonds is 4. The molecule has 0 spiro atoms. The van der Waals surface area contributed by atoms with Gasteiger partial charge >= 0.3 is 6.18 Å². The Kier molecular flexibility index (Phi) is 4.34. The van der Waals surface area contributed by atoms with Crippen LogP contribution in [-0.4, -0.2) is 24.3 Å². The quantitative estimate of drug-likeness (QED) is 0.401. The lowest BCUT2D eigenvalue weighted by Crippen LogP contribution is -2.09. The molecule has 0 saturated carbocycles. The number of non-ortho nitro benzene ring substituents is 1. The second kappa shape index (κ2) is 6.86. The maximum Gasteiger partial charge on any atom is 0.435 e. The van der Waals surface area contributed by atoms with Crippen LogP contribution in [0.5, 0.6) is 0 Å². The third kappa shape index (κ3) is 3.57. The predicted octanol–water partition coefficient (Wildman–Crippen LogP) is 4.46. The highest BCUT2D eigenvalue weighted by Crippen LogP contribution is 2.36. The van der Waals surface area contributed by atoms with Crippen molar-refractivity contribution in [3.8, 4) is 11.4 Å². The third-order valence-corrected chi connectivity index (χ3v) is 4.03. The van der Waals surface area contributed by atoms with E-state index in [0.717, 1.165) is 0 Å². The van der Waals surface area contributed by atoms with E-state index in [2.05, 4.69) is 20.3 Å². The van der Waals surface area contributed by atoms with E-state index in [-0.39, 0.29) is 28.5 Å². The molecule has 11 heteroatoms. The molecule has 0 aliphatic heterocycles. The van der Waals surface area contributed by atoms with Crippen molar-refractivity contribution in [2.75, 3.05) is 5.32 Å². The molecule has 3 aromatic heterocycles. The summed E-state index contributed by atoms with van der Waals surface area (Å²) in [4.78, 5) is 22.1. The minimum absolute atomic E-state index is 0.0251. The molecule has 146 valence electrons. The van der Waals surface area contributed by atoms with Crippen LogP contribution in [0.15, 0.2) is 61.1 Å². The van der Waals surface area contributed by atoms with E-state index in [1.807, 2.05) is 0 Å². The van der Waals surface area contributed by atoms with Crippen molar-refractivity contribution in [3.05, 3.63) is 76.9 Å². The molecule has 0 aliphatic rings. The monoisotopic (exact) mass is 400 g/mol. The second-order valence-electron chi connectivity index (χ2n) is 5.95. The molecule has 0 amide bonds. The van der Waals surface area contributed by atoms with Crippen LogP contribution >= 0.6 is 0 Å².